The number of anilines is 2. The molecule has 0 radical (unpaired) electrons. The zero-order chi connectivity index (χ0) is 30.8. The largest absolute Gasteiger partial charge is 0.379 e. The van der Waals surface area contributed by atoms with E-state index in [2.05, 4.69) is 25.7 Å². The highest BCUT2D eigenvalue weighted by molar-refractivity contribution is 7.89. The van der Waals surface area contributed by atoms with E-state index in [-0.39, 0.29) is 36.8 Å². The molecule has 1 atom stereocenters. The number of ether oxygens (including phenoxy) is 2. The van der Waals surface area contributed by atoms with Crippen LogP contribution in [0, 0.1) is 11.6 Å². The molecule has 6 rings (SSSR count). The molecule has 44 heavy (non-hydrogen) atoms. The zero-order valence-corrected chi connectivity index (χ0v) is 24.6. The number of fused-ring (bicyclic) bond motifs is 1. The van der Waals surface area contributed by atoms with Gasteiger partial charge in [-0.1, -0.05) is 6.07 Å². The Morgan fingerprint density at radius 2 is 1.80 bits per heavy atom. The van der Waals surface area contributed by atoms with Crippen LogP contribution < -0.4 is 10.6 Å². The molecule has 12 nitrogen and oxygen atoms in total. The molecule has 0 aliphatic carbocycles. The second-order valence-corrected chi connectivity index (χ2v) is 12.9. The molecule has 2 saturated heterocycles. The van der Waals surface area contributed by atoms with Crippen molar-refractivity contribution in [3.63, 3.8) is 0 Å². The first-order valence-corrected chi connectivity index (χ1v) is 15.8. The fourth-order valence-electron chi connectivity index (χ4n) is 5.59. The minimum atomic E-state index is -4.24. The monoisotopic (exact) mass is 630 g/mol. The summed E-state index contributed by atoms with van der Waals surface area (Å²) in [4.78, 5) is 28.3. The van der Waals surface area contributed by atoms with Gasteiger partial charge in [0.15, 0.2) is 5.82 Å². The van der Waals surface area contributed by atoms with Crippen LogP contribution >= 0.6 is 0 Å². The van der Waals surface area contributed by atoms with Crippen LogP contribution in [0.5, 0.6) is 0 Å². The number of nitrogens with one attached hydrogen (secondary N) is 3. The van der Waals surface area contributed by atoms with Crippen molar-refractivity contribution in [1.82, 2.24) is 19.4 Å². The number of carbonyl (C=O) groups is 2. The van der Waals surface area contributed by atoms with Gasteiger partial charge in [-0.05, 0) is 42.7 Å². The quantitative estimate of drug-likeness (QED) is 0.345. The number of sulfonamides is 1. The second kappa shape index (κ2) is 12.7. The minimum Gasteiger partial charge on any atom is -0.379 e. The summed E-state index contributed by atoms with van der Waals surface area (Å²) in [5.74, 6) is -2.80. The summed E-state index contributed by atoms with van der Waals surface area (Å²) in [5.41, 5.74) is 2.46. The van der Waals surface area contributed by atoms with Crippen LogP contribution in [0.15, 0.2) is 41.3 Å². The van der Waals surface area contributed by atoms with E-state index in [1.807, 2.05) is 6.07 Å². The summed E-state index contributed by atoms with van der Waals surface area (Å²) in [6, 6.07) is 7.35. The Morgan fingerprint density at radius 1 is 1.02 bits per heavy atom. The molecule has 3 aliphatic rings. The number of aromatic amines is 1. The number of aromatic nitrogens is 2. The van der Waals surface area contributed by atoms with Gasteiger partial charge in [-0.25, -0.2) is 17.2 Å². The van der Waals surface area contributed by atoms with Crippen LogP contribution in [-0.2, 0) is 43.8 Å². The van der Waals surface area contributed by atoms with Crippen LogP contribution in [0.4, 0.5) is 20.3 Å². The van der Waals surface area contributed by atoms with Crippen molar-refractivity contribution in [2.24, 2.45) is 0 Å². The first-order chi connectivity index (χ1) is 21.2. The maximum atomic E-state index is 13.8. The summed E-state index contributed by atoms with van der Waals surface area (Å²) in [6.45, 7) is 3.78. The number of benzene rings is 2. The lowest BCUT2D eigenvalue weighted by molar-refractivity contribution is -0.124. The van der Waals surface area contributed by atoms with E-state index >= 15 is 0 Å². The second-order valence-electron chi connectivity index (χ2n) is 10.9. The Labute approximate surface area is 252 Å². The predicted octanol–water partition coefficient (Wildman–Crippen LogP) is 2.64. The number of nitrogens with zero attached hydrogens (tertiary/aromatic N) is 3. The van der Waals surface area contributed by atoms with Crippen molar-refractivity contribution in [3.05, 3.63) is 70.4 Å². The topological polar surface area (TPSA) is 146 Å². The highest BCUT2D eigenvalue weighted by Crippen LogP contribution is 2.30. The number of rotatable bonds is 8. The number of hydrogen-bond acceptors (Lipinski definition) is 8. The molecule has 4 heterocycles. The third-order valence-corrected chi connectivity index (χ3v) is 9.75. The van der Waals surface area contributed by atoms with Crippen molar-refractivity contribution in [1.29, 1.82) is 0 Å². The van der Waals surface area contributed by atoms with E-state index in [0.717, 1.165) is 41.5 Å². The smallest absolute Gasteiger partial charge is 0.258 e. The van der Waals surface area contributed by atoms with Crippen LogP contribution in [-0.4, -0.2) is 85.2 Å². The summed E-state index contributed by atoms with van der Waals surface area (Å²) in [5, 5.41) is 12.7. The van der Waals surface area contributed by atoms with E-state index in [9.17, 15) is 26.8 Å². The summed E-state index contributed by atoms with van der Waals surface area (Å²) >= 11 is 0. The van der Waals surface area contributed by atoms with Gasteiger partial charge in [0, 0.05) is 63.1 Å². The molecule has 3 N–H and O–H groups in total. The van der Waals surface area contributed by atoms with E-state index in [1.165, 1.54) is 0 Å². The molecule has 3 aromatic rings. The first-order valence-electron chi connectivity index (χ1n) is 14.4. The van der Waals surface area contributed by atoms with E-state index in [0.29, 0.717) is 55.8 Å². The van der Waals surface area contributed by atoms with Crippen LogP contribution in [0.2, 0.25) is 0 Å². The number of amides is 2. The highest BCUT2D eigenvalue weighted by Gasteiger charge is 2.33. The molecule has 0 saturated carbocycles. The Bertz CT molecular complexity index is 1650. The predicted molar refractivity (Wildman–Crippen MR) is 154 cm³/mol. The van der Waals surface area contributed by atoms with Crippen LogP contribution in [0.3, 0.4) is 0 Å². The Morgan fingerprint density at radius 3 is 2.52 bits per heavy atom. The van der Waals surface area contributed by atoms with E-state index in [4.69, 9.17) is 9.47 Å². The molecule has 15 heteroatoms. The molecule has 0 unspecified atom stereocenters. The average Bonchev–Trinajstić information content (AvgIpc) is 3.68. The zero-order valence-electron chi connectivity index (χ0n) is 23.8. The molecule has 234 valence electrons. The normalized spacial score (nSPS) is 19.5. The molecule has 3 aliphatic heterocycles. The van der Waals surface area contributed by atoms with Crippen LogP contribution in [0.25, 0.3) is 0 Å². The molecule has 1 aromatic heterocycles. The first kappa shape index (κ1) is 30.3. The summed E-state index contributed by atoms with van der Waals surface area (Å²) < 4.78 is 66.1. The maximum absolute atomic E-state index is 13.8. The van der Waals surface area contributed by atoms with E-state index in [1.54, 1.807) is 12.1 Å². The van der Waals surface area contributed by atoms with Crippen molar-refractivity contribution in [2.45, 2.75) is 43.4 Å². The lowest BCUT2D eigenvalue weighted by atomic mass is 10.1. The lowest BCUT2D eigenvalue weighted by Crippen LogP contribution is -2.36. The number of H-pyrrole nitrogens is 1. The molecular formula is C29H32F2N6O6S. The Hall–Kier alpha value is -3.76. The maximum Gasteiger partial charge on any atom is 0.258 e. The standard InChI is InChI=1S/C29H32F2N6O6S/c30-19-13-20(31)15-21(14-19)44(40,41)37-6-5-24-23(17-37)27(35-34-24)33-28(38)22-4-3-18(16-36-7-10-42-11-8-36)12-25(22)32-29(39)26-2-1-9-43-26/h3-4,12-15,26H,1-2,5-11,16-17H2,(H,32,39)(H2,33,34,35,38)/t26-/m1/s1. The van der Waals surface area contributed by atoms with Gasteiger partial charge in [0.05, 0.1) is 29.4 Å². The molecule has 2 aromatic carbocycles. The van der Waals surface area contributed by atoms with Gasteiger partial charge in [-0.15, -0.1) is 0 Å². The van der Waals surface area contributed by atoms with Gasteiger partial charge in [0.1, 0.15) is 17.7 Å². The molecule has 0 spiro atoms. The minimum absolute atomic E-state index is 0.0487. The molecular weight excluding hydrogens is 598 g/mol. The van der Waals surface area contributed by atoms with Gasteiger partial charge >= 0.3 is 0 Å². The number of carbonyl (C=O) groups excluding carboxylic acids is 2. The molecule has 0 bridgehead atoms. The van der Waals surface area contributed by atoms with Gasteiger partial charge in [0.25, 0.3) is 11.8 Å². The van der Waals surface area contributed by atoms with Crippen molar-refractivity contribution >= 4 is 33.3 Å². The number of morpholine rings is 1. The Balaban J connectivity index is 1.23. The van der Waals surface area contributed by atoms with Gasteiger partial charge in [-0.3, -0.25) is 19.6 Å². The number of hydrogen-bond donors (Lipinski definition) is 3. The fraction of sp³-hybridized carbons (Fsp3) is 0.414. The summed E-state index contributed by atoms with van der Waals surface area (Å²) in [7, 11) is -4.24. The van der Waals surface area contributed by atoms with Crippen molar-refractivity contribution in [3.8, 4) is 0 Å². The highest BCUT2D eigenvalue weighted by atomic mass is 32.2. The third kappa shape index (κ3) is 6.51. The lowest BCUT2D eigenvalue weighted by Gasteiger charge is -2.27. The average molecular weight is 631 g/mol. The number of halogens is 2. The van der Waals surface area contributed by atoms with Crippen molar-refractivity contribution < 1.29 is 36.3 Å². The fourth-order valence-corrected chi connectivity index (χ4v) is 7.04. The molecule has 2 fully saturated rings. The summed E-state index contributed by atoms with van der Waals surface area (Å²) in [6.07, 6.45) is 0.996. The van der Waals surface area contributed by atoms with Crippen molar-refractivity contribution in [2.75, 3.05) is 50.1 Å². The van der Waals surface area contributed by atoms with Gasteiger partial charge < -0.3 is 20.1 Å². The third-order valence-electron chi connectivity index (χ3n) is 7.92. The van der Waals surface area contributed by atoms with E-state index < -0.39 is 38.6 Å². The van der Waals surface area contributed by atoms with Gasteiger partial charge in [-0.2, -0.15) is 9.40 Å². The molecule has 2 amide bonds. The Kier molecular flexibility index (Phi) is 8.73. The van der Waals surface area contributed by atoms with Gasteiger partial charge in [0.2, 0.25) is 10.0 Å². The SMILES string of the molecule is O=C(Nc1n[nH]c2c1CN(S(=O)(=O)c1cc(F)cc(F)c1)CC2)c1ccc(CN2CCOCC2)cc1NC(=O)[C@H]1CCCO1. The van der Waals surface area contributed by atoms with Crippen LogP contribution in [0.1, 0.15) is 40.0 Å².